The highest BCUT2D eigenvalue weighted by molar-refractivity contribution is 6.30. The Morgan fingerprint density at radius 3 is 3.00 bits per heavy atom. The van der Waals surface area contributed by atoms with E-state index in [4.69, 9.17) is 11.6 Å². The number of amides is 1. The zero-order valence-electron chi connectivity index (χ0n) is 12.6. The van der Waals surface area contributed by atoms with Crippen LogP contribution in [0.1, 0.15) is 11.4 Å². The number of aromatic nitrogens is 3. The summed E-state index contributed by atoms with van der Waals surface area (Å²) < 4.78 is 14.9. The van der Waals surface area contributed by atoms with Crippen molar-refractivity contribution in [1.29, 1.82) is 0 Å². The van der Waals surface area contributed by atoms with E-state index in [-0.39, 0.29) is 10.9 Å². The molecule has 3 aromatic rings. The molecule has 3 rings (SSSR count). The fourth-order valence-corrected chi connectivity index (χ4v) is 2.39. The first kappa shape index (κ1) is 16.1. The van der Waals surface area contributed by atoms with E-state index in [2.05, 4.69) is 15.5 Å². The van der Waals surface area contributed by atoms with Crippen molar-refractivity contribution in [1.82, 2.24) is 19.9 Å². The Kier molecular flexibility index (Phi) is 4.86. The maximum Gasteiger partial charge on any atom is 0.244 e. The molecule has 0 fully saturated rings. The summed E-state index contributed by atoms with van der Waals surface area (Å²) in [6, 6.07) is 9.93. The summed E-state index contributed by atoms with van der Waals surface area (Å²) in [5, 5.41) is 10.9. The third-order valence-corrected chi connectivity index (χ3v) is 3.69. The lowest BCUT2D eigenvalue weighted by molar-refractivity contribution is -0.116. The minimum Gasteiger partial charge on any atom is -0.352 e. The average molecular weight is 345 g/mol. The summed E-state index contributed by atoms with van der Waals surface area (Å²) in [4.78, 5) is 11.8. The number of nitrogens with zero attached hydrogens (tertiary/aromatic N) is 3. The lowest BCUT2D eigenvalue weighted by Crippen LogP contribution is -2.24. The van der Waals surface area contributed by atoms with Gasteiger partial charge in [-0.25, -0.2) is 4.39 Å². The van der Waals surface area contributed by atoms with Gasteiger partial charge in [0.15, 0.2) is 5.65 Å². The van der Waals surface area contributed by atoms with Gasteiger partial charge in [0, 0.05) is 25.2 Å². The van der Waals surface area contributed by atoms with E-state index in [0.717, 1.165) is 11.5 Å². The number of benzene rings is 1. The summed E-state index contributed by atoms with van der Waals surface area (Å²) in [6.07, 6.45) is 5.40. The second kappa shape index (κ2) is 7.23. The largest absolute Gasteiger partial charge is 0.352 e. The predicted molar refractivity (Wildman–Crippen MR) is 90.1 cm³/mol. The normalized spacial score (nSPS) is 11.2. The molecule has 0 aliphatic rings. The molecule has 7 heteroatoms. The molecule has 1 aromatic carbocycles. The molecule has 0 aliphatic heterocycles. The van der Waals surface area contributed by atoms with Crippen LogP contribution in [0.2, 0.25) is 5.02 Å². The van der Waals surface area contributed by atoms with Crippen LogP contribution in [-0.4, -0.2) is 27.0 Å². The van der Waals surface area contributed by atoms with Gasteiger partial charge in [0.1, 0.15) is 11.6 Å². The Morgan fingerprint density at radius 2 is 2.17 bits per heavy atom. The van der Waals surface area contributed by atoms with Crippen molar-refractivity contribution in [3.8, 4) is 0 Å². The minimum atomic E-state index is -0.487. The number of fused-ring (bicyclic) bond motifs is 1. The van der Waals surface area contributed by atoms with E-state index in [1.54, 1.807) is 12.1 Å². The van der Waals surface area contributed by atoms with Crippen molar-refractivity contribution in [2.24, 2.45) is 0 Å². The van der Waals surface area contributed by atoms with Crippen LogP contribution in [0.25, 0.3) is 11.7 Å². The summed E-state index contributed by atoms with van der Waals surface area (Å²) in [5.74, 6) is 0.0447. The first-order valence-electron chi connectivity index (χ1n) is 7.33. The van der Waals surface area contributed by atoms with Gasteiger partial charge < -0.3 is 5.32 Å². The summed E-state index contributed by atoms with van der Waals surface area (Å²) >= 11 is 5.69. The molecule has 0 spiro atoms. The van der Waals surface area contributed by atoms with Gasteiger partial charge in [-0.1, -0.05) is 23.7 Å². The number of carbonyl (C=O) groups excluding carboxylic acids is 1. The number of hydrogen-bond acceptors (Lipinski definition) is 3. The molecule has 0 saturated carbocycles. The Hall–Kier alpha value is -2.73. The molecular weight excluding hydrogens is 331 g/mol. The number of hydrogen-bond donors (Lipinski definition) is 1. The monoisotopic (exact) mass is 344 g/mol. The first-order valence-corrected chi connectivity index (χ1v) is 7.71. The number of pyridine rings is 1. The number of carbonyl (C=O) groups is 1. The van der Waals surface area contributed by atoms with Gasteiger partial charge in [-0.2, -0.15) is 0 Å². The maximum atomic E-state index is 13.1. The minimum absolute atomic E-state index is 0.0243. The Labute approximate surface area is 142 Å². The van der Waals surface area contributed by atoms with Crippen LogP contribution in [0.4, 0.5) is 4.39 Å². The number of rotatable bonds is 5. The van der Waals surface area contributed by atoms with Gasteiger partial charge >= 0.3 is 0 Å². The quantitative estimate of drug-likeness (QED) is 0.724. The third-order valence-electron chi connectivity index (χ3n) is 3.40. The molecule has 2 aromatic heterocycles. The Balaban J connectivity index is 1.54. The molecule has 24 heavy (non-hydrogen) atoms. The Bertz CT molecular complexity index is 906. The topological polar surface area (TPSA) is 59.3 Å². The van der Waals surface area contributed by atoms with Gasteiger partial charge in [0.25, 0.3) is 0 Å². The third kappa shape index (κ3) is 3.78. The van der Waals surface area contributed by atoms with E-state index in [1.165, 1.54) is 18.2 Å². The zero-order valence-corrected chi connectivity index (χ0v) is 13.4. The molecule has 5 nitrogen and oxygen atoms in total. The van der Waals surface area contributed by atoms with Crippen LogP contribution in [0.3, 0.4) is 0 Å². The maximum absolute atomic E-state index is 13.1. The van der Waals surface area contributed by atoms with Crippen LogP contribution in [0.15, 0.2) is 48.7 Å². The molecule has 0 bridgehead atoms. The average Bonchev–Trinajstić information content (AvgIpc) is 2.99. The van der Waals surface area contributed by atoms with E-state index in [1.807, 2.05) is 28.8 Å². The van der Waals surface area contributed by atoms with Gasteiger partial charge in [-0.3, -0.25) is 9.20 Å². The second-order valence-electron chi connectivity index (χ2n) is 5.09. The zero-order chi connectivity index (χ0) is 16.9. The molecule has 122 valence electrons. The second-order valence-corrected chi connectivity index (χ2v) is 5.50. The summed E-state index contributed by atoms with van der Waals surface area (Å²) in [7, 11) is 0. The van der Waals surface area contributed by atoms with Crippen molar-refractivity contribution in [3.63, 3.8) is 0 Å². The van der Waals surface area contributed by atoms with Crippen molar-refractivity contribution in [3.05, 3.63) is 70.9 Å². The smallest absolute Gasteiger partial charge is 0.244 e. The molecule has 1 N–H and O–H groups in total. The van der Waals surface area contributed by atoms with Gasteiger partial charge in [-0.15, -0.1) is 10.2 Å². The van der Waals surface area contributed by atoms with Crippen LogP contribution < -0.4 is 5.32 Å². The molecular formula is C17H14ClFN4O. The van der Waals surface area contributed by atoms with Crippen molar-refractivity contribution >= 4 is 29.2 Å². The summed E-state index contributed by atoms with van der Waals surface area (Å²) in [5.41, 5.74) is 1.42. The highest BCUT2D eigenvalue weighted by atomic mass is 35.5. The van der Waals surface area contributed by atoms with Gasteiger partial charge in [0.05, 0.1) is 5.02 Å². The van der Waals surface area contributed by atoms with E-state index < -0.39 is 5.82 Å². The van der Waals surface area contributed by atoms with Crippen LogP contribution in [0, 0.1) is 5.82 Å². The van der Waals surface area contributed by atoms with E-state index >= 15 is 0 Å². The van der Waals surface area contributed by atoms with Crippen molar-refractivity contribution in [2.45, 2.75) is 6.42 Å². The molecule has 0 radical (unpaired) electrons. The molecule has 2 heterocycles. The van der Waals surface area contributed by atoms with Crippen molar-refractivity contribution in [2.75, 3.05) is 6.54 Å². The fourth-order valence-electron chi connectivity index (χ4n) is 2.21. The molecule has 0 aliphatic carbocycles. The van der Waals surface area contributed by atoms with E-state index in [9.17, 15) is 9.18 Å². The first-order chi connectivity index (χ1) is 11.6. The van der Waals surface area contributed by atoms with Crippen LogP contribution in [-0.2, 0) is 11.2 Å². The SMILES string of the molecule is O=C(C=Cc1ccc(F)c(Cl)c1)NCCc1nnc2ccccn12. The number of nitrogens with one attached hydrogen (secondary N) is 1. The molecule has 1 amide bonds. The van der Waals surface area contributed by atoms with Crippen molar-refractivity contribution < 1.29 is 9.18 Å². The lowest BCUT2D eigenvalue weighted by atomic mass is 10.2. The predicted octanol–water partition coefficient (Wildman–Crippen LogP) is 2.89. The number of halogens is 2. The molecule has 0 saturated heterocycles. The van der Waals surface area contributed by atoms with Crippen LogP contribution in [0.5, 0.6) is 0 Å². The highest BCUT2D eigenvalue weighted by Gasteiger charge is 2.05. The summed E-state index contributed by atoms with van der Waals surface area (Å²) in [6.45, 7) is 0.434. The fraction of sp³-hybridized carbons (Fsp3) is 0.118. The van der Waals surface area contributed by atoms with Crippen LogP contribution >= 0.6 is 11.6 Å². The highest BCUT2D eigenvalue weighted by Crippen LogP contribution is 2.16. The van der Waals surface area contributed by atoms with E-state index in [0.29, 0.717) is 18.5 Å². The van der Waals surface area contributed by atoms with Gasteiger partial charge in [0.2, 0.25) is 5.91 Å². The Morgan fingerprint density at radius 1 is 1.29 bits per heavy atom. The molecule has 0 atom stereocenters. The standard InChI is InChI=1S/C17H14ClFN4O/c18-13-11-12(4-6-14(13)19)5-7-17(24)20-9-8-16-22-21-15-3-1-2-10-23(15)16/h1-7,10-11H,8-9H2,(H,20,24). The molecule has 0 unspecified atom stereocenters. The lowest BCUT2D eigenvalue weighted by Gasteiger charge is -2.02. The van der Waals surface area contributed by atoms with Gasteiger partial charge in [-0.05, 0) is 35.9 Å².